The van der Waals surface area contributed by atoms with Crippen LogP contribution >= 0.6 is 0 Å². The lowest BCUT2D eigenvalue weighted by Crippen LogP contribution is -2.26. The first-order valence-electron chi connectivity index (χ1n) is 7.94. The number of esters is 1. The first-order chi connectivity index (χ1) is 12.6. The third-order valence-electron chi connectivity index (χ3n) is 3.56. The summed E-state index contributed by atoms with van der Waals surface area (Å²) in [5.74, 6) is -2.66. The molecule has 2 aromatic rings. The van der Waals surface area contributed by atoms with Crippen LogP contribution < -0.4 is 5.32 Å². The summed E-state index contributed by atoms with van der Waals surface area (Å²) in [7, 11) is 0. The van der Waals surface area contributed by atoms with Crippen LogP contribution in [-0.4, -0.2) is 29.2 Å². The molecule has 27 heavy (non-hydrogen) atoms. The van der Waals surface area contributed by atoms with Gasteiger partial charge in [-0.05, 0) is 18.2 Å². The molecule has 2 rings (SSSR count). The molecule has 0 saturated carbocycles. The van der Waals surface area contributed by atoms with Crippen molar-refractivity contribution in [1.29, 1.82) is 0 Å². The van der Waals surface area contributed by atoms with Crippen LogP contribution in [0.3, 0.4) is 0 Å². The van der Waals surface area contributed by atoms with Crippen molar-refractivity contribution in [1.82, 2.24) is 0 Å². The number of furan rings is 1. The standard InChI is InChI=1S/C18H18N2O7/c1-18(2,3)14(21)10-26-17(23)11-6-4-5-7-12(11)19-16(22)13-8-9-15(27-13)20(24)25/h4-9H,10H2,1-3H3,(H,19,22). The van der Waals surface area contributed by atoms with E-state index in [1.165, 1.54) is 12.1 Å². The minimum Gasteiger partial charge on any atom is -0.454 e. The number of benzene rings is 1. The number of nitro groups is 1. The second-order valence-electron chi connectivity index (χ2n) is 6.64. The van der Waals surface area contributed by atoms with Crippen molar-refractivity contribution in [3.05, 3.63) is 57.8 Å². The quantitative estimate of drug-likeness (QED) is 0.467. The fourth-order valence-corrected chi connectivity index (χ4v) is 1.93. The van der Waals surface area contributed by atoms with E-state index in [4.69, 9.17) is 9.15 Å². The third-order valence-corrected chi connectivity index (χ3v) is 3.56. The van der Waals surface area contributed by atoms with Crippen LogP contribution in [0.15, 0.2) is 40.8 Å². The molecule has 1 amide bonds. The zero-order valence-electron chi connectivity index (χ0n) is 15.0. The molecule has 0 fully saturated rings. The molecule has 0 saturated heterocycles. The molecule has 1 aromatic heterocycles. The van der Waals surface area contributed by atoms with Gasteiger partial charge < -0.3 is 14.5 Å². The molecule has 0 spiro atoms. The van der Waals surface area contributed by atoms with Crippen LogP contribution in [-0.2, 0) is 9.53 Å². The molecule has 0 atom stereocenters. The number of carbonyl (C=O) groups is 3. The minimum absolute atomic E-state index is 0.0358. The maximum atomic E-state index is 12.3. The van der Waals surface area contributed by atoms with E-state index in [0.717, 1.165) is 12.1 Å². The van der Waals surface area contributed by atoms with Crippen molar-refractivity contribution in [3.63, 3.8) is 0 Å². The van der Waals surface area contributed by atoms with Gasteiger partial charge in [0.05, 0.1) is 17.3 Å². The number of ether oxygens (including phenoxy) is 1. The molecule has 9 heteroatoms. The van der Waals surface area contributed by atoms with Crippen molar-refractivity contribution in [2.75, 3.05) is 11.9 Å². The number of amides is 1. The lowest BCUT2D eigenvalue weighted by Gasteiger charge is -2.16. The first-order valence-corrected chi connectivity index (χ1v) is 7.94. The topological polar surface area (TPSA) is 129 Å². The lowest BCUT2D eigenvalue weighted by molar-refractivity contribution is -0.402. The molecular weight excluding hydrogens is 356 g/mol. The van der Waals surface area contributed by atoms with E-state index in [0.29, 0.717) is 0 Å². The van der Waals surface area contributed by atoms with Gasteiger partial charge in [0.25, 0.3) is 5.91 Å². The highest BCUT2D eigenvalue weighted by atomic mass is 16.6. The maximum absolute atomic E-state index is 12.3. The van der Waals surface area contributed by atoms with Crippen molar-refractivity contribution in [2.45, 2.75) is 20.8 Å². The highest BCUT2D eigenvalue weighted by Gasteiger charge is 2.24. The number of nitrogens with one attached hydrogen (secondary N) is 1. The molecule has 0 aliphatic rings. The highest BCUT2D eigenvalue weighted by Crippen LogP contribution is 2.21. The lowest BCUT2D eigenvalue weighted by atomic mass is 9.91. The number of para-hydroxylation sites is 1. The van der Waals surface area contributed by atoms with Gasteiger partial charge in [0.15, 0.2) is 18.2 Å². The predicted octanol–water partition coefficient (Wildman–Crippen LogP) is 3.21. The number of Topliss-reactive ketones (excluding diaryl/α,β-unsaturated/α-hetero) is 1. The number of rotatable bonds is 6. The summed E-state index contributed by atoms with van der Waals surface area (Å²) < 4.78 is 9.85. The molecule has 0 aliphatic carbocycles. The SMILES string of the molecule is CC(C)(C)C(=O)COC(=O)c1ccccc1NC(=O)c1ccc([N+](=O)[O-])o1. The van der Waals surface area contributed by atoms with Gasteiger partial charge >= 0.3 is 11.9 Å². The van der Waals surface area contributed by atoms with Crippen molar-refractivity contribution in [2.24, 2.45) is 5.41 Å². The average Bonchev–Trinajstić information content (AvgIpc) is 3.09. The van der Waals surface area contributed by atoms with Gasteiger partial charge in [-0.2, -0.15) is 0 Å². The number of nitrogens with zero attached hydrogens (tertiary/aromatic N) is 1. The normalized spacial score (nSPS) is 10.9. The Hall–Kier alpha value is -3.49. The van der Waals surface area contributed by atoms with Crippen LogP contribution in [0.5, 0.6) is 0 Å². The second-order valence-corrected chi connectivity index (χ2v) is 6.64. The Bertz CT molecular complexity index is 893. The van der Waals surface area contributed by atoms with E-state index in [9.17, 15) is 24.5 Å². The zero-order chi connectivity index (χ0) is 20.2. The monoisotopic (exact) mass is 374 g/mol. The molecule has 1 heterocycles. The van der Waals surface area contributed by atoms with Gasteiger partial charge in [-0.25, -0.2) is 4.79 Å². The van der Waals surface area contributed by atoms with Crippen LogP contribution in [0.4, 0.5) is 11.6 Å². The van der Waals surface area contributed by atoms with E-state index in [1.54, 1.807) is 32.9 Å². The number of ketones is 1. The van der Waals surface area contributed by atoms with Gasteiger partial charge in [-0.15, -0.1) is 0 Å². The third kappa shape index (κ3) is 5.00. The first kappa shape index (κ1) is 19.8. The van der Waals surface area contributed by atoms with Crippen LogP contribution in [0, 0.1) is 15.5 Å². The Kier molecular flexibility index (Phi) is 5.74. The fourth-order valence-electron chi connectivity index (χ4n) is 1.93. The molecule has 142 valence electrons. The highest BCUT2D eigenvalue weighted by molar-refractivity contribution is 6.07. The molecule has 0 aliphatic heterocycles. The Morgan fingerprint density at radius 1 is 1.15 bits per heavy atom. The van der Waals surface area contributed by atoms with Crippen LogP contribution in [0.2, 0.25) is 0 Å². The molecule has 0 radical (unpaired) electrons. The summed E-state index contributed by atoms with van der Waals surface area (Å²) in [6.07, 6.45) is 0. The summed E-state index contributed by atoms with van der Waals surface area (Å²) in [4.78, 5) is 46.2. The summed E-state index contributed by atoms with van der Waals surface area (Å²) in [5, 5.41) is 13.1. The van der Waals surface area contributed by atoms with E-state index in [1.807, 2.05) is 0 Å². The van der Waals surface area contributed by atoms with Crippen LogP contribution in [0.1, 0.15) is 41.7 Å². The molecule has 0 unspecified atom stereocenters. The summed E-state index contributed by atoms with van der Waals surface area (Å²) in [6.45, 7) is 4.73. The second kappa shape index (κ2) is 7.81. The number of hydrogen-bond acceptors (Lipinski definition) is 7. The largest absolute Gasteiger partial charge is 0.454 e. The average molecular weight is 374 g/mol. The van der Waals surface area contributed by atoms with Gasteiger partial charge in [0, 0.05) is 5.41 Å². The van der Waals surface area contributed by atoms with E-state index in [-0.39, 0.29) is 22.8 Å². The number of carbonyl (C=O) groups excluding carboxylic acids is 3. The Labute approximate surface area is 154 Å². The maximum Gasteiger partial charge on any atom is 0.433 e. The van der Waals surface area contributed by atoms with Crippen molar-refractivity contribution >= 4 is 29.2 Å². The summed E-state index contributed by atoms with van der Waals surface area (Å²) in [6, 6.07) is 8.22. The Morgan fingerprint density at radius 2 is 1.81 bits per heavy atom. The number of hydrogen-bond donors (Lipinski definition) is 1. The number of anilines is 1. The van der Waals surface area contributed by atoms with E-state index < -0.39 is 34.7 Å². The van der Waals surface area contributed by atoms with Gasteiger partial charge in [-0.1, -0.05) is 32.9 Å². The summed E-state index contributed by atoms with van der Waals surface area (Å²) >= 11 is 0. The fraction of sp³-hybridized carbons (Fsp3) is 0.278. The van der Waals surface area contributed by atoms with Crippen molar-refractivity contribution < 1.29 is 28.5 Å². The zero-order valence-corrected chi connectivity index (χ0v) is 15.0. The predicted molar refractivity (Wildman–Crippen MR) is 94.5 cm³/mol. The smallest absolute Gasteiger partial charge is 0.433 e. The van der Waals surface area contributed by atoms with E-state index in [2.05, 4.69) is 5.32 Å². The van der Waals surface area contributed by atoms with Gasteiger partial charge in [0.2, 0.25) is 0 Å². The van der Waals surface area contributed by atoms with Crippen LogP contribution in [0.25, 0.3) is 0 Å². The molecule has 9 nitrogen and oxygen atoms in total. The Morgan fingerprint density at radius 3 is 2.41 bits per heavy atom. The van der Waals surface area contributed by atoms with Crippen molar-refractivity contribution in [3.8, 4) is 0 Å². The minimum atomic E-state index is -0.783. The van der Waals surface area contributed by atoms with Gasteiger partial charge in [-0.3, -0.25) is 19.7 Å². The molecular formula is C18H18N2O7. The summed E-state index contributed by atoms with van der Waals surface area (Å²) in [5.41, 5.74) is -0.495. The van der Waals surface area contributed by atoms with E-state index >= 15 is 0 Å². The molecule has 1 aromatic carbocycles. The Balaban J connectivity index is 2.12. The molecule has 1 N–H and O–H groups in total. The van der Waals surface area contributed by atoms with Gasteiger partial charge in [0.1, 0.15) is 4.92 Å². The molecule has 0 bridgehead atoms.